The second-order valence-corrected chi connectivity index (χ2v) is 5.14. The van der Waals surface area contributed by atoms with E-state index in [1.165, 1.54) is 11.3 Å². The largest absolute Gasteiger partial charge is 0.369 e. The van der Waals surface area contributed by atoms with Crippen molar-refractivity contribution < 1.29 is 4.79 Å². The molecule has 0 aliphatic carbocycles. The number of nitrogens with one attached hydrogen (secondary N) is 2. The zero-order valence-electron chi connectivity index (χ0n) is 10.5. The topological polar surface area (TPSA) is 83.8 Å². The Labute approximate surface area is 119 Å². The number of H-pyrrole nitrogens is 1. The van der Waals surface area contributed by atoms with Crippen LogP contribution in [0.25, 0.3) is 11.3 Å². The summed E-state index contributed by atoms with van der Waals surface area (Å²) in [5.41, 5.74) is 8.02. The summed E-state index contributed by atoms with van der Waals surface area (Å²) in [6, 6.07) is 11.2. The molecule has 0 unspecified atom stereocenters. The molecule has 0 atom stereocenters. The Hall–Kier alpha value is -2.60. The minimum Gasteiger partial charge on any atom is -0.369 e. The molecule has 1 amide bonds. The molecule has 5 nitrogen and oxygen atoms in total. The van der Waals surface area contributed by atoms with Crippen LogP contribution in [0.2, 0.25) is 0 Å². The summed E-state index contributed by atoms with van der Waals surface area (Å²) in [5, 5.41) is 4.74. The van der Waals surface area contributed by atoms with Crippen LogP contribution in [0.3, 0.4) is 0 Å². The van der Waals surface area contributed by atoms with Gasteiger partial charge in [0.25, 0.3) is 5.91 Å². The predicted molar refractivity (Wildman–Crippen MR) is 80.7 cm³/mol. The van der Waals surface area contributed by atoms with Gasteiger partial charge in [0.2, 0.25) is 0 Å². The first-order valence-corrected chi connectivity index (χ1v) is 6.86. The van der Waals surface area contributed by atoms with Crippen LogP contribution in [0, 0.1) is 0 Å². The van der Waals surface area contributed by atoms with Crippen LogP contribution in [-0.4, -0.2) is 15.9 Å². The van der Waals surface area contributed by atoms with Crippen molar-refractivity contribution in [2.75, 3.05) is 11.1 Å². The van der Waals surface area contributed by atoms with Crippen molar-refractivity contribution in [2.24, 2.45) is 0 Å². The summed E-state index contributed by atoms with van der Waals surface area (Å²) in [6.07, 6.45) is 1.66. The first kappa shape index (κ1) is 12.4. The quantitative estimate of drug-likeness (QED) is 0.691. The fourth-order valence-electron chi connectivity index (χ4n) is 1.85. The van der Waals surface area contributed by atoms with Crippen LogP contribution in [0.5, 0.6) is 0 Å². The second-order valence-electron chi connectivity index (χ2n) is 4.19. The number of aromatic amines is 1. The molecule has 3 rings (SSSR count). The number of nitrogens with zero attached hydrogens (tertiary/aromatic N) is 1. The smallest absolute Gasteiger partial charge is 0.265 e. The molecule has 100 valence electrons. The highest BCUT2D eigenvalue weighted by Gasteiger charge is 2.08. The van der Waals surface area contributed by atoms with Gasteiger partial charge in [0.1, 0.15) is 0 Å². The molecule has 1 aromatic carbocycles. The van der Waals surface area contributed by atoms with Gasteiger partial charge in [-0.3, -0.25) is 4.79 Å². The lowest BCUT2D eigenvalue weighted by Crippen LogP contribution is -2.09. The van der Waals surface area contributed by atoms with Crippen LogP contribution in [0.1, 0.15) is 9.67 Å². The Kier molecular flexibility index (Phi) is 3.22. The minimum absolute atomic E-state index is 0.110. The van der Waals surface area contributed by atoms with Gasteiger partial charge in [-0.2, -0.15) is 0 Å². The summed E-state index contributed by atoms with van der Waals surface area (Å²) >= 11 is 1.41. The lowest BCUT2D eigenvalue weighted by atomic mass is 10.1. The monoisotopic (exact) mass is 284 g/mol. The fraction of sp³-hybridized carbons (Fsp3) is 0. The Morgan fingerprint density at radius 1 is 1.30 bits per heavy atom. The summed E-state index contributed by atoms with van der Waals surface area (Å²) < 4.78 is 0. The molecule has 3 aromatic rings. The number of aromatic nitrogens is 2. The number of imidazole rings is 1. The third-order valence-corrected chi connectivity index (χ3v) is 3.64. The first-order chi connectivity index (χ1) is 9.72. The normalized spacial score (nSPS) is 10.4. The fourth-order valence-corrected chi connectivity index (χ4v) is 2.47. The van der Waals surface area contributed by atoms with E-state index in [0.717, 1.165) is 16.9 Å². The molecule has 0 fully saturated rings. The Bertz CT molecular complexity index is 733. The van der Waals surface area contributed by atoms with Crippen LogP contribution >= 0.6 is 11.3 Å². The molecule has 0 bridgehead atoms. The maximum Gasteiger partial charge on any atom is 0.265 e. The highest BCUT2D eigenvalue weighted by atomic mass is 32.1. The van der Waals surface area contributed by atoms with Crippen molar-refractivity contribution in [2.45, 2.75) is 0 Å². The highest BCUT2D eigenvalue weighted by molar-refractivity contribution is 7.12. The van der Waals surface area contributed by atoms with Gasteiger partial charge < -0.3 is 16.0 Å². The van der Waals surface area contributed by atoms with Gasteiger partial charge in [0, 0.05) is 11.3 Å². The van der Waals surface area contributed by atoms with Crippen LogP contribution < -0.4 is 11.1 Å². The maximum absolute atomic E-state index is 12.0. The molecule has 6 heteroatoms. The number of thiophene rings is 1. The van der Waals surface area contributed by atoms with Gasteiger partial charge in [-0.1, -0.05) is 18.2 Å². The average Bonchev–Trinajstić information content (AvgIpc) is 3.10. The van der Waals surface area contributed by atoms with Crippen LogP contribution in [-0.2, 0) is 0 Å². The minimum atomic E-state index is -0.110. The lowest BCUT2D eigenvalue weighted by Gasteiger charge is -2.05. The standard InChI is InChI=1S/C14H12N4OS/c15-14-16-8-11(18-14)9-3-1-4-10(7-9)17-13(19)12-5-2-6-20-12/h1-8H,(H,17,19)(H3,15,16,18). The number of hydrogen-bond acceptors (Lipinski definition) is 4. The number of hydrogen-bond donors (Lipinski definition) is 3. The summed E-state index contributed by atoms with van der Waals surface area (Å²) in [7, 11) is 0. The van der Waals surface area contributed by atoms with E-state index < -0.39 is 0 Å². The van der Waals surface area contributed by atoms with Crippen LogP contribution in [0.15, 0.2) is 48.0 Å². The number of anilines is 2. The van der Waals surface area contributed by atoms with Crippen molar-refractivity contribution in [1.82, 2.24) is 9.97 Å². The van der Waals surface area contributed by atoms with E-state index in [9.17, 15) is 4.79 Å². The number of carbonyl (C=O) groups excluding carboxylic acids is 1. The van der Waals surface area contributed by atoms with Crippen molar-refractivity contribution >= 4 is 28.9 Å². The van der Waals surface area contributed by atoms with E-state index in [1.807, 2.05) is 35.7 Å². The van der Waals surface area contributed by atoms with Crippen molar-refractivity contribution in [1.29, 1.82) is 0 Å². The Morgan fingerprint density at radius 3 is 2.90 bits per heavy atom. The molecular weight excluding hydrogens is 272 g/mol. The van der Waals surface area contributed by atoms with Crippen molar-refractivity contribution in [3.05, 3.63) is 52.9 Å². The maximum atomic E-state index is 12.0. The van der Waals surface area contributed by atoms with E-state index >= 15 is 0 Å². The molecule has 4 N–H and O–H groups in total. The third kappa shape index (κ3) is 2.55. The van der Waals surface area contributed by atoms with Gasteiger partial charge >= 0.3 is 0 Å². The number of benzene rings is 1. The molecule has 0 saturated carbocycles. The number of nitrogens with two attached hydrogens (primary N) is 1. The third-order valence-electron chi connectivity index (χ3n) is 2.77. The highest BCUT2D eigenvalue weighted by Crippen LogP contribution is 2.22. The van der Waals surface area contributed by atoms with Gasteiger partial charge in [0.05, 0.1) is 16.8 Å². The average molecular weight is 284 g/mol. The van der Waals surface area contributed by atoms with E-state index in [0.29, 0.717) is 10.8 Å². The molecule has 0 aliphatic rings. The molecule has 2 aromatic heterocycles. The Morgan fingerprint density at radius 2 is 2.20 bits per heavy atom. The predicted octanol–water partition coefficient (Wildman–Crippen LogP) is 2.97. The Balaban J connectivity index is 1.83. The zero-order chi connectivity index (χ0) is 13.9. The molecule has 20 heavy (non-hydrogen) atoms. The van der Waals surface area contributed by atoms with Crippen molar-refractivity contribution in [3.63, 3.8) is 0 Å². The molecule has 0 radical (unpaired) electrons. The summed E-state index contributed by atoms with van der Waals surface area (Å²) in [6.45, 7) is 0. The zero-order valence-corrected chi connectivity index (χ0v) is 11.3. The van der Waals surface area contributed by atoms with Gasteiger partial charge in [-0.15, -0.1) is 11.3 Å². The lowest BCUT2D eigenvalue weighted by molar-refractivity contribution is 0.103. The van der Waals surface area contributed by atoms with Gasteiger partial charge in [0.15, 0.2) is 5.95 Å². The van der Waals surface area contributed by atoms with E-state index in [-0.39, 0.29) is 5.91 Å². The molecule has 0 aliphatic heterocycles. The number of nitrogen functional groups attached to an aromatic ring is 1. The number of amides is 1. The van der Waals surface area contributed by atoms with Crippen LogP contribution in [0.4, 0.5) is 11.6 Å². The van der Waals surface area contributed by atoms with E-state index in [2.05, 4.69) is 15.3 Å². The van der Waals surface area contributed by atoms with E-state index in [4.69, 9.17) is 5.73 Å². The summed E-state index contributed by atoms with van der Waals surface area (Å²) in [5.74, 6) is 0.259. The van der Waals surface area contributed by atoms with E-state index in [1.54, 1.807) is 12.3 Å². The van der Waals surface area contributed by atoms with Gasteiger partial charge in [-0.25, -0.2) is 4.98 Å². The first-order valence-electron chi connectivity index (χ1n) is 5.98. The van der Waals surface area contributed by atoms with Gasteiger partial charge in [-0.05, 0) is 23.6 Å². The van der Waals surface area contributed by atoms with Crippen molar-refractivity contribution in [3.8, 4) is 11.3 Å². The summed E-state index contributed by atoms with van der Waals surface area (Å²) in [4.78, 5) is 19.6. The molecule has 2 heterocycles. The second kappa shape index (κ2) is 5.18. The molecule has 0 spiro atoms. The molecular formula is C14H12N4OS. The number of carbonyl (C=O) groups is 1. The SMILES string of the molecule is Nc1ncc(-c2cccc(NC(=O)c3cccs3)c2)[nH]1. The number of rotatable bonds is 3. The molecule has 0 saturated heterocycles.